The lowest BCUT2D eigenvalue weighted by Crippen LogP contribution is -2.08. The van der Waals surface area contributed by atoms with E-state index in [9.17, 15) is 4.79 Å². The average molecular weight is 358 g/mol. The quantitative estimate of drug-likeness (QED) is 0.576. The standard InChI is InChI=1S/C20H20ClNO3/c1-4-24-20(23)17-7-5-6-16(22-17)10-13-8-15(21)9-14-11-18(12(2)3)25-19(13)14/h5-9,11-12H,4,10H2,1-3H3. The minimum Gasteiger partial charge on any atom is -0.461 e. The van der Waals surface area contributed by atoms with Crippen molar-refractivity contribution in [2.75, 3.05) is 6.61 Å². The van der Waals surface area contributed by atoms with Gasteiger partial charge in [-0.15, -0.1) is 0 Å². The van der Waals surface area contributed by atoms with Crippen molar-refractivity contribution in [2.45, 2.75) is 33.1 Å². The van der Waals surface area contributed by atoms with Gasteiger partial charge in [-0.2, -0.15) is 0 Å². The number of fused-ring (bicyclic) bond motifs is 1. The summed E-state index contributed by atoms with van der Waals surface area (Å²) in [6.45, 7) is 6.27. The van der Waals surface area contributed by atoms with E-state index in [1.54, 1.807) is 19.1 Å². The number of nitrogens with zero attached hydrogens (tertiary/aromatic N) is 1. The predicted octanol–water partition coefficient (Wildman–Crippen LogP) is 5.37. The minimum absolute atomic E-state index is 0.296. The van der Waals surface area contributed by atoms with Gasteiger partial charge < -0.3 is 9.15 Å². The number of hydrogen-bond acceptors (Lipinski definition) is 4. The van der Waals surface area contributed by atoms with Gasteiger partial charge in [-0.25, -0.2) is 9.78 Å². The molecule has 2 heterocycles. The Hall–Kier alpha value is -2.33. The number of carbonyl (C=O) groups excluding carboxylic acids is 1. The SMILES string of the molecule is CCOC(=O)c1cccc(Cc2cc(Cl)cc3cc(C(C)C)oc23)n1. The lowest BCUT2D eigenvalue weighted by Gasteiger charge is -2.06. The van der Waals surface area contributed by atoms with Gasteiger partial charge in [-0.05, 0) is 37.3 Å². The zero-order chi connectivity index (χ0) is 18.0. The summed E-state index contributed by atoms with van der Waals surface area (Å²) in [5, 5.41) is 1.63. The molecule has 0 aliphatic heterocycles. The molecule has 3 rings (SSSR count). The van der Waals surface area contributed by atoms with Gasteiger partial charge in [0.25, 0.3) is 0 Å². The summed E-state index contributed by atoms with van der Waals surface area (Å²) in [6.07, 6.45) is 0.523. The van der Waals surface area contributed by atoms with Crippen LogP contribution in [0, 0.1) is 0 Å². The third-order valence-corrected chi connectivity index (χ3v) is 4.13. The first-order valence-corrected chi connectivity index (χ1v) is 8.70. The van der Waals surface area contributed by atoms with Crippen LogP contribution in [0.1, 0.15) is 54.2 Å². The van der Waals surface area contributed by atoms with Crippen LogP contribution in [0.25, 0.3) is 11.0 Å². The third-order valence-electron chi connectivity index (χ3n) is 3.91. The Balaban J connectivity index is 1.97. The third kappa shape index (κ3) is 3.85. The van der Waals surface area contributed by atoms with Crippen molar-refractivity contribution in [2.24, 2.45) is 0 Å². The van der Waals surface area contributed by atoms with Gasteiger partial charge in [0.2, 0.25) is 0 Å². The van der Waals surface area contributed by atoms with Crippen LogP contribution < -0.4 is 0 Å². The summed E-state index contributed by atoms with van der Waals surface area (Å²) in [5.41, 5.74) is 2.83. The zero-order valence-corrected chi connectivity index (χ0v) is 15.3. The molecule has 3 aromatic rings. The molecule has 1 aromatic carbocycles. The van der Waals surface area contributed by atoms with Gasteiger partial charge in [0.05, 0.1) is 6.61 Å². The van der Waals surface area contributed by atoms with E-state index in [1.165, 1.54) is 0 Å². The lowest BCUT2D eigenvalue weighted by molar-refractivity contribution is 0.0519. The summed E-state index contributed by atoms with van der Waals surface area (Å²) in [6, 6.07) is 11.1. The molecule has 0 fully saturated rings. The summed E-state index contributed by atoms with van der Waals surface area (Å²) < 4.78 is 11.0. The van der Waals surface area contributed by atoms with E-state index in [4.69, 9.17) is 20.8 Å². The normalized spacial score (nSPS) is 11.2. The number of carbonyl (C=O) groups is 1. The molecular formula is C20H20ClNO3. The Labute approximate surface area is 151 Å². The van der Waals surface area contributed by atoms with Crippen molar-refractivity contribution in [1.82, 2.24) is 4.98 Å². The van der Waals surface area contributed by atoms with Crippen molar-refractivity contribution < 1.29 is 13.9 Å². The zero-order valence-electron chi connectivity index (χ0n) is 14.5. The number of aromatic nitrogens is 1. The summed E-state index contributed by atoms with van der Waals surface area (Å²) in [4.78, 5) is 16.3. The van der Waals surface area contributed by atoms with Crippen molar-refractivity contribution in [3.8, 4) is 0 Å². The molecule has 0 spiro atoms. The van der Waals surface area contributed by atoms with Gasteiger partial charge in [0, 0.05) is 34.0 Å². The van der Waals surface area contributed by atoms with Gasteiger partial charge in [0.1, 0.15) is 17.0 Å². The molecule has 0 atom stereocenters. The maximum Gasteiger partial charge on any atom is 0.356 e. The van der Waals surface area contributed by atoms with Crippen LogP contribution in [0.5, 0.6) is 0 Å². The molecular weight excluding hydrogens is 338 g/mol. The van der Waals surface area contributed by atoms with Crippen LogP contribution in [-0.4, -0.2) is 17.6 Å². The molecule has 0 aliphatic rings. The number of hydrogen-bond donors (Lipinski definition) is 0. The van der Waals surface area contributed by atoms with Crippen molar-refractivity contribution in [3.63, 3.8) is 0 Å². The monoisotopic (exact) mass is 357 g/mol. The second kappa shape index (κ2) is 7.28. The molecule has 0 radical (unpaired) electrons. The highest BCUT2D eigenvalue weighted by atomic mass is 35.5. The molecule has 0 N–H and O–H groups in total. The number of furan rings is 1. The van der Waals surface area contributed by atoms with E-state index in [-0.39, 0.29) is 0 Å². The second-order valence-electron chi connectivity index (χ2n) is 6.20. The van der Waals surface area contributed by atoms with Crippen LogP contribution in [0.2, 0.25) is 5.02 Å². The maximum absolute atomic E-state index is 11.9. The van der Waals surface area contributed by atoms with E-state index in [1.807, 2.05) is 24.3 Å². The predicted molar refractivity (Wildman–Crippen MR) is 98.3 cm³/mol. The topological polar surface area (TPSA) is 52.3 Å². The van der Waals surface area contributed by atoms with Crippen LogP contribution in [0.3, 0.4) is 0 Å². The number of rotatable bonds is 5. The van der Waals surface area contributed by atoms with Gasteiger partial charge in [-0.3, -0.25) is 0 Å². The Morgan fingerprint density at radius 3 is 2.80 bits per heavy atom. The first kappa shape index (κ1) is 17.5. The highest BCUT2D eigenvalue weighted by Crippen LogP contribution is 2.31. The van der Waals surface area contributed by atoms with E-state index in [0.717, 1.165) is 28.0 Å². The lowest BCUT2D eigenvalue weighted by atomic mass is 10.1. The number of halogens is 1. The molecule has 130 valence electrons. The minimum atomic E-state index is -0.416. The Morgan fingerprint density at radius 1 is 1.28 bits per heavy atom. The molecule has 0 aliphatic carbocycles. The van der Waals surface area contributed by atoms with E-state index >= 15 is 0 Å². The molecule has 0 amide bonds. The van der Waals surface area contributed by atoms with Crippen LogP contribution >= 0.6 is 11.6 Å². The summed E-state index contributed by atoms with van der Waals surface area (Å²) >= 11 is 6.27. The first-order chi connectivity index (χ1) is 12.0. The van der Waals surface area contributed by atoms with Crippen LogP contribution in [0.4, 0.5) is 0 Å². The highest BCUT2D eigenvalue weighted by molar-refractivity contribution is 6.31. The van der Waals surface area contributed by atoms with E-state index in [0.29, 0.717) is 29.7 Å². The highest BCUT2D eigenvalue weighted by Gasteiger charge is 2.14. The van der Waals surface area contributed by atoms with Crippen molar-refractivity contribution in [1.29, 1.82) is 0 Å². The summed E-state index contributed by atoms with van der Waals surface area (Å²) in [7, 11) is 0. The Bertz CT molecular complexity index is 914. The number of benzene rings is 1. The first-order valence-electron chi connectivity index (χ1n) is 8.33. The van der Waals surface area contributed by atoms with Crippen molar-refractivity contribution >= 4 is 28.5 Å². The molecule has 0 bridgehead atoms. The Morgan fingerprint density at radius 2 is 2.08 bits per heavy atom. The fourth-order valence-corrected chi connectivity index (χ4v) is 2.96. The largest absolute Gasteiger partial charge is 0.461 e. The van der Waals surface area contributed by atoms with Gasteiger partial charge >= 0.3 is 5.97 Å². The molecule has 0 saturated heterocycles. The van der Waals surface area contributed by atoms with E-state index in [2.05, 4.69) is 18.8 Å². The molecule has 2 aromatic heterocycles. The molecule has 4 nitrogen and oxygen atoms in total. The molecule has 25 heavy (non-hydrogen) atoms. The Kier molecular flexibility index (Phi) is 5.09. The fourth-order valence-electron chi connectivity index (χ4n) is 2.71. The number of ether oxygens (including phenoxy) is 1. The number of pyridine rings is 1. The summed E-state index contributed by atoms with van der Waals surface area (Å²) in [5.74, 6) is 0.803. The maximum atomic E-state index is 11.9. The van der Waals surface area contributed by atoms with E-state index < -0.39 is 5.97 Å². The average Bonchev–Trinajstić information content (AvgIpc) is 3.00. The van der Waals surface area contributed by atoms with Crippen molar-refractivity contribution in [3.05, 3.63) is 64.1 Å². The second-order valence-corrected chi connectivity index (χ2v) is 6.63. The molecule has 0 saturated carbocycles. The number of esters is 1. The smallest absolute Gasteiger partial charge is 0.356 e. The fraction of sp³-hybridized carbons (Fsp3) is 0.300. The van der Waals surface area contributed by atoms with Gasteiger partial charge in [-0.1, -0.05) is 31.5 Å². The van der Waals surface area contributed by atoms with Crippen LogP contribution in [0.15, 0.2) is 40.8 Å². The molecule has 5 heteroatoms. The molecule has 0 unspecified atom stereocenters. The van der Waals surface area contributed by atoms with Crippen LogP contribution in [-0.2, 0) is 11.2 Å². The van der Waals surface area contributed by atoms with Gasteiger partial charge in [0.15, 0.2) is 0 Å².